The van der Waals surface area contributed by atoms with Crippen LogP contribution < -0.4 is 10.6 Å². The molecule has 0 aliphatic rings. The van der Waals surface area contributed by atoms with Crippen LogP contribution >= 0.6 is 11.8 Å². The second-order valence-corrected chi connectivity index (χ2v) is 4.62. The third kappa shape index (κ3) is 5.09. The Hall–Kier alpha value is -1.69. The number of hydrogen-bond acceptors (Lipinski definition) is 3. The minimum absolute atomic E-state index is 0.401. The van der Waals surface area contributed by atoms with Gasteiger partial charge in [0.15, 0.2) is 0 Å². The Morgan fingerprint density at radius 2 is 2.00 bits per heavy atom. The predicted molar refractivity (Wildman–Crippen MR) is 73.0 cm³/mol. The average Bonchev–Trinajstić information content (AvgIpc) is 2.35. The lowest BCUT2D eigenvalue weighted by molar-refractivity contribution is -0.139. The average molecular weight is 268 g/mol. The molecule has 6 heteroatoms. The van der Waals surface area contributed by atoms with Crippen molar-refractivity contribution in [3.8, 4) is 0 Å². The van der Waals surface area contributed by atoms with Crippen molar-refractivity contribution in [1.82, 2.24) is 5.32 Å². The summed E-state index contributed by atoms with van der Waals surface area (Å²) < 4.78 is 0. The normalized spacial score (nSPS) is 11.6. The van der Waals surface area contributed by atoms with Gasteiger partial charge in [0.25, 0.3) is 0 Å². The zero-order valence-electron chi connectivity index (χ0n) is 10.1. The first-order chi connectivity index (χ1) is 8.63. The fourth-order valence-electron chi connectivity index (χ4n) is 1.34. The zero-order chi connectivity index (χ0) is 13.4. The van der Waals surface area contributed by atoms with Crippen LogP contribution in [0.25, 0.3) is 0 Å². The Morgan fingerprint density at radius 3 is 2.56 bits per heavy atom. The quantitative estimate of drug-likeness (QED) is 0.737. The molecule has 0 unspecified atom stereocenters. The van der Waals surface area contributed by atoms with Crippen LogP contribution in [0.2, 0.25) is 0 Å². The fraction of sp³-hybridized carbons (Fsp3) is 0.333. The number of para-hydroxylation sites is 1. The number of thioether (sulfide) groups is 1. The van der Waals surface area contributed by atoms with E-state index in [0.717, 1.165) is 0 Å². The summed E-state index contributed by atoms with van der Waals surface area (Å²) in [4.78, 5) is 22.5. The minimum Gasteiger partial charge on any atom is -0.480 e. The number of nitrogens with one attached hydrogen (secondary N) is 2. The van der Waals surface area contributed by atoms with E-state index in [2.05, 4.69) is 10.6 Å². The number of benzene rings is 1. The Balaban J connectivity index is 2.48. The molecule has 0 aromatic heterocycles. The number of carbonyl (C=O) groups is 2. The van der Waals surface area contributed by atoms with Crippen LogP contribution in [0.15, 0.2) is 30.3 Å². The van der Waals surface area contributed by atoms with Crippen molar-refractivity contribution in [2.24, 2.45) is 0 Å². The molecule has 1 aromatic carbocycles. The highest BCUT2D eigenvalue weighted by Gasteiger charge is 2.19. The summed E-state index contributed by atoms with van der Waals surface area (Å²) in [5.74, 6) is -0.338. The fourth-order valence-corrected chi connectivity index (χ4v) is 1.81. The van der Waals surface area contributed by atoms with Gasteiger partial charge in [-0.2, -0.15) is 11.8 Å². The molecule has 2 amide bonds. The molecule has 0 saturated carbocycles. The highest BCUT2D eigenvalue weighted by atomic mass is 32.2. The molecule has 0 spiro atoms. The first-order valence-corrected chi connectivity index (χ1v) is 6.87. The van der Waals surface area contributed by atoms with E-state index in [9.17, 15) is 9.59 Å². The molecular weight excluding hydrogens is 252 g/mol. The van der Waals surface area contributed by atoms with Gasteiger partial charge >= 0.3 is 12.0 Å². The van der Waals surface area contributed by atoms with Crippen molar-refractivity contribution in [2.75, 3.05) is 17.3 Å². The van der Waals surface area contributed by atoms with E-state index in [1.807, 2.05) is 12.3 Å². The lowest BCUT2D eigenvalue weighted by atomic mass is 10.2. The predicted octanol–water partition coefficient (Wildman–Crippen LogP) is 2.01. The summed E-state index contributed by atoms with van der Waals surface area (Å²) in [5.41, 5.74) is 0.629. The molecule has 0 saturated heterocycles. The van der Waals surface area contributed by atoms with E-state index in [0.29, 0.717) is 17.9 Å². The molecule has 18 heavy (non-hydrogen) atoms. The molecule has 0 aliphatic carbocycles. The number of carbonyl (C=O) groups excluding carboxylic acids is 1. The van der Waals surface area contributed by atoms with Crippen LogP contribution in [0.5, 0.6) is 0 Å². The van der Waals surface area contributed by atoms with E-state index >= 15 is 0 Å². The summed E-state index contributed by atoms with van der Waals surface area (Å²) in [6, 6.07) is 7.52. The highest BCUT2D eigenvalue weighted by Crippen LogP contribution is 2.05. The lowest BCUT2D eigenvalue weighted by Gasteiger charge is -2.14. The summed E-state index contributed by atoms with van der Waals surface area (Å²) in [5, 5.41) is 14.0. The lowest BCUT2D eigenvalue weighted by Crippen LogP contribution is -2.43. The van der Waals surface area contributed by atoms with Crippen molar-refractivity contribution < 1.29 is 14.7 Å². The number of carboxylic acids is 1. The van der Waals surface area contributed by atoms with Gasteiger partial charge in [-0.05, 0) is 30.6 Å². The molecule has 1 atom stereocenters. The van der Waals surface area contributed by atoms with Gasteiger partial charge in [0.2, 0.25) is 0 Å². The van der Waals surface area contributed by atoms with Gasteiger partial charge in [-0.3, -0.25) is 0 Å². The topological polar surface area (TPSA) is 78.4 Å². The van der Waals surface area contributed by atoms with E-state index in [4.69, 9.17) is 5.11 Å². The van der Waals surface area contributed by atoms with Gasteiger partial charge < -0.3 is 15.7 Å². The molecule has 5 nitrogen and oxygen atoms in total. The van der Waals surface area contributed by atoms with Crippen LogP contribution in [0.3, 0.4) is 0 Å². The maximum atomic E-state index is 11.6. The summed E-state index contributed by atoms with van der Waals surface area (Å²) >= 11 is 1.54. The number of rotatable bonds is 6. The third-order valence-corrected chi connectivity index (χ3v) is 2.89. The van der Waals surface area contributed by atoms with Gasteiger partial charge in [0.1, 0.15) is 6.04 Å². The van der Waals surface area contributed by atoms with Crippen molar-refractivity contribution in [3.05, 3.63) is 30.3 Å². The van der Waals surface area contributed by atoms with Gasteiger partial charge in [-0.15, -0.1) is 0 Å². The summed E-state index contributed by atoms with van der Waals surface area (Å²) in [6.07, 6.45) is 2.29. The van der Waals surface area contributed by atoms with Gasteiger partial charge in [-0.25, -0.2) is 9.59 Å². The Morgan fingerprint density at radius 1 is 1.33 bits per heavy atom. The van der Waals surface area contributed by atoms with Gasteiger partial charge in [-0.1, -0.05) is 18.2 Å². The first kappa shape index (κ1) is 14.4. The molecular formula is C12H16N2O3S. The van der Waals surface area contributed by atoms with Crippen molar-refractivity contribution in [3.63, 3.8) is 0 Å². The molecule has 98 valence electrons. The third-order valence-electron chi connectivity index (χ3n) is 2.25. The standard InChI is InChI=1S/C12H16N2O3S/c1-18-8-7-10(11(15)16)14-12(17)13-9-5-3-2-4-6-9/h2-6,10H,7-8H2,1H3,(H,15,16)(H2,13,14,17)/t10-/m1/s1. The van der Waals surface area contributed by atoms with Crippen LogP contribution in [0.1, 0.15) is 6.42 Å². The largest absolute Gasteiger partial charge is 0.480 e. The van der Waals surface area contributed by atoms with Crippen LogP contribution in [-0.2, 0) is 4.79 Å². The number of anilines is 1. The molecule has 1 aromatic rings. The Labute approximate surface area is 110 Å². The summed E-state index contributed by atoms with van der Waals surface area (Å²) in [6.45, 7) is 0. The molecule has 0 radical (unpaired) electrons. The molecule has 1 rings (SSSR count). The van der Waals surface area contributed by atoms with E-state index in [-0.39, 0.29) is 0 Å². The monoisotopic (exact) mass is 268 g/mol. The van der Waals surface area contributed by atoms with Crippen LogP contribution in [-0.4, -0.2) is 35.2 Å². The molecule has 0 fully saturated rings. The minimum atomic E-state index is -1.02. The zero-order valence-corrected chi connectivity index (χ0v) is 10.9. The smallest absolute Gasteiger partial charge is 0.326 e. The summed E-state index contributed by atoms with van der Waals surface area (Å²) in [7, 11) is 0. The maximum Gasteiger partial charge on any atom is 0.326 e. The van der Waals surface area contributed by atoms with E-state index in [1.54, 1.807) is 36.0 Å². The maximum absolute atomic E-state index is 11.6. The molecule has 0 aliphatic heterocycles. The number of amides is 2. The van der Waals surface area contributed by atoms with Crippen LogP contribution in [0.4, 0.5) is 10.5 Å². The second-order valence-electron chi connectivity index (χ2n) is 3.64. The van der Waals surface area contributed by atoms with Gasteiger partial charge in [0.05, 0.1) is 0 Å². The molecule has 3 N–H and O–H groups in total. The SMILES string of the molecule is CSCC[C@@H](NC(=O)Nc1ccccc1)C(=O)O. The Bertz CT molecular complexity index is 398. The Kier molecular flexibility index (Phi) is 6.07. The molecule has 0 heterocycles. The number of hydrogen-bond donors (Lipinski definition) is 3. The number of urea groups is 1. The highest BCUT2D eigenvalue weighted by molar-refractivity contribution is 7.98. The van der Waals surface area contributed by atoms with Gasteiger partial charge in [0, 0.05) is 5.69 Å². The van der Waals surface area contributed by atoms with E-state index in [1.165, 1.54) is 0 Å². The van der Waals surface area contributed by atoms with Crippen molar-refractivity contribution >= 4 is 29.4 Å². The second kappa shape index (κ2) is 7.60. The van der Waals surface area contributed by atoms with Crippen LogP contribution in [0, 0.1) is 0 Å². The molecule has 0 bridgehead atoms. The van der Waals surface area contributed by atoms with Crippen molar-refractivity contribution in [2.45, 2.75) is 12.5 Å². The first-order valence-electron chi connectivity index (χ1n) is 5.48. The van der Waals surface area contributed by atoms with E-state index < -0.39 is 18.0 Å². The number of carboxylic acid groups (broad SMARTS) is 1. The number of aliphatic carboxylic acids is 1. The van der Waals surface area contributed by atoms with Crippen molar-refractivity contribution in [1.29, 1.82) is 0 Å².